The monoisotopic (exact) mass is 598 g/mol. The Labute approximate surface area is 244 Å². The van der Waals surface area contributed by atoms with Gasteiger partial charge in [0.25, 0.3) is 0 Å². The van der Waals surface area contributed by atoms with Crippen LogP contribution in [0.4, 0.5) is 5.69 Å². The third kappa shape index (κ3) is 4.38. The lowest BCUT2D eigenvalue weighted by Gasteiger charge is -2.54. The Morgan fingerprint density at radius 2 is 1.74 bits per heavy atom. The standard InChI is InChI=1S/C29H21Cl3N2O4S/c1-38-29(37)22-21-12-15-4-2-3-5-18(15)23-27(26(22)36)39-28(33-20-11-10-17(31)13-19(20)32)24(34(21)23)25(35)14-6-8-16(30)9-7-14/h2-11,13,21,23,27,33,36H,12H2,1H3. The summed E-state index contributed by atoms with van der Waals surface area (Å²) in [6.45, 7) is 0. The zero-order valence-electron chi connectivity index (χ0n) is 20.5. The minimum Gasteiger partial charge on any atom is -0.510 e. The summed E-state index contributed by atoms with van der Waals surface area (Å²) in [4.78, 5) is 29.2. The average Bonchev–Trinajstić information content (AvgIpc) is 2.93. The van der Waals surface area contributed by atoms with E-state index >= 15 is 0 Å². The molecule has 0 fully saturated rings. The van der Waals surface area contributed by atoms with Crippen LogP contribution in [-0.2, 0) is 16.0 Å². The van der Waals surface area contributed by atoms with Crippen molar-refractivity contribution in [1.29, 1.82) is 0 Å². The van der Waals surface area contributed by atoms with Gasteiger partial charge in [-0.3, -0.25) is 4.79 Å². The van der Waals surface area contributed by atoms with Crippen LogP contribution in [0.3, 0.4) is 0 Å². The van der Waals surface area contributed by atoms with Crippen molar-refractivity contribution in [3.05, 3.63) is 121 Å². The highest BCUT2D eigenvalue weighted by Gasteiger charge is 2.55. The van der Waals surface area contributed by atoms with Gasteiger partial charge in [-0.05, 0) is 60.0 Å². The van der Waals surface area contributed by atoms with Crippen LogP contribution in [0.5, 0.6) is 0 Å². The number of benzene rings is 3. The molecule has 0 radical (unpaired) electrons. The van der Waals surface area contributed by atoms with Crippen LogP contribution < -0.4 is 5.32 Å². The Balaban J connectivity index is 1.58. The molecule has 198 valence electrons. The number of ether oxygens (including phenoxy) is 1. The first-order chi connectivity index (χ1) is 18.8. The fourth-order valence-corrected chi connectivity index (χ4v) is 7.47. The van der Waals surface area contributed by atoms with Crippen LogP contribution in [-0.4, -0.2) is 40.2 Å². The molecule has 2 N–H and O–H groups in total. The lowest BCUT2D eigenvalue weighted by atomic mass is 9.77. The fraction of sp³-hybridized carbons (Fsp3) is 0.172. The Kier molecular flexibility index (Phi) is 6.79. The molecule has 10 heteroatoms. The predicted molar refractivity (Wildman–Crippen MR) is 154 cm³/mol. The maximum atomic E-state index is 14.3. The lowest BCUT2D eigenvalue weighted by Crippen LogP contribution is -2.56. The second-order valence-electron chi connectivity index (χ2n) is 9.36. The van der Waals surface area contributed by atoms with Gasteiger partial charge in [-0.1, -0.05) is 70.8 Å². The van der Waals surface area contributed by atoms with Gasteiger partial charge in [-0.2, -0.15) is 0 Å². The Bertz CT molecular complexity index is 1590. The number of aliphatic hydroxyl groups is 1. The number of anilines is 1. The normalized spacial score (nSPS) is 21.4. The van der Waals surface area contributed by atoms with Gasteiger partial charge >= 0.3 is 5.97 Å². The van der Waals surface area contributed by atoms with E-state index in [4.69, 9.17) is 39.5 Å². The van der Waals surface area contributed by atoms with Gasteiger partial charge in [0.1, 0.15) is 16.5 Å². The lowest BCUT2D eigenvalue weighted by molar-refractivity contribution is -0.137. The van der Waals surface area contributed by atoms with Gasteiger partial charge < -0.3 is 20.1 Å². The molecule has 3 aliphatic heterocycles. The highest BCUT2D eigenvalue weighted by Crippen LogP contribution is 2.56. The highest BCUT2D eigenvalue weighted by molar-refractivity contribution is 8.04. The van der Waals surface area contributed by atoms with Gasteiger partial charge in [0, 0.05) is 15.6 Å². The van der Waals surface area contributed by atoms with E-state index in [0.29, 0.717) is 43.5 Å². The SMILES string of the molecule is COC(=O)C1=C(O)C2SC(Nc3ccc(Cl)cc3Cl)=C(C(=O)c3ccc(Cl)cc3)N3C1Cc1ccccc1C23. The van der Waals surface area contributed by atoms with E-state index in [1.807, 2.05) is 29.2 Å². The number of carbonyl (C=O) groups is 2. The summed E-state index contributed by atoms with van der Waals surface area (Å²) in [6, 6.07) is 18.6. The van der Waals surface area contributed by atoms with Gasteiger partial charge in [0.05, 0.1) is 40.7 Å². The second-order valence-corrected chi connectivity index (χ2v) is 11.8. The van der Waals surface area contributed by atoms with Crippen molar-refractivity contribution in [2.45, 2.75) is 23.8 Å². The predicted octanol–water partition coefficient (Wildman–Crippen LogP) is 7.19. The first-order valence-corrected chi connectivity index (χ1v) is 14.1. The number of halogens is 3. The molecule has 0 amide bonds. The van der Waals surface area contributed by atoms with Gasteiger partial charge in [0.2, 0.25) is 5.78 Å². The molecule has 0 spiro atoms. The third-order valence-electron chi connectivity index (χ3n) is 7.21. The van der Waals surface area contributed by atoms with Crippen molar-refractivity contribution >= 4 is 64.0 Å². The van der Waals surface area contributed by atoms with Crippen molar-refractivity contribution in [1.82, 2.24) is 4.90 Å². The maximum Gasteiger partial charge on any atom is 0.339 e. The van der Waals surface area contributed by atoms with E-state index in [2.05, 4.69) is 5.32 Å². The molecule has 0 aromatic heterocycles. The number of methoxy groups -OCH3 is 1. The number of ketones is 1. The minimum atomic E-state index is -0.627. The van der Waals surface area contributed by atoms with Crippen LogP contribution in [0.15, 0.2) is 88.8 Å². The molecule has 0 saturated heterocycles. The third-order valence-corrected chi connectivity index (χ3v) is 9.28. The molecule has 3 heterocycles. The molecular formula is C29H21Cl3N2O4S. The van der Waals surface area contributed by atoms with Crippen molar-refractivity contribution in [2.75, 3.05) is 12.4 Å². The van der Waals surface area contributed by atoms with E-state index < -0.39 is 23.3 Å². The summed E-state index contributed by atoms with van der Waals surface area (Å²) in [6.07, 6.45) is 0.408. The number of hydrogen-bond donors (Lipinski definition) is 2. The van der Waals surface area contributed by atoms with E-state index in [1.165, 1.54) is 18.9 Å². The number of thioether (sulfide) groups is 1. The van der Waals surface area contributed by atoms with E-state index in [0.717, 1.165) is 11.1 Å². The van der Waals surface area contributed by atoms with Crippen molar-refractivity contribution < 1.29 is 19.4 Å². The summed E-state index contributed by atoms with van der Waals surface area (Å²) in [5.41, 5.74) is 3.55. The van der Waals surface area contributed by atoms with Gasteiger partial charge in [0.15, 0.2) is 0 Å². The molecule has 39 heavy (non-hydrogen) atoms. The highest BCUT2D eigenvalue weighted by atomic mass is 35.5. The molecule has 3 atom stereocenters. The Morgan fingerprint density at radius 3 is 2.46 bits per heavy atom. The molecule has 3 unspecified atom stereocenters. The smallest absolute Gasteiger partial charge is 0.339 e. The number of nitrogens with zero attached hydrogens (tertiary/aromatic N) is 1. The summed E-state index contributed by atoms with van der Waals surface area (Å²) in [5, 5.41) is 16.1. The average molecular weight is 600 g/mol. The van der Waals surface area contributed by atoms with Crippen molar-refractivity contribution in [3.8, 4) is 0 Å². The fourth-order valence-electron chi connectivity index (χ4n) is 5.51. The number of allylic oxidation sites excluding steroid dienone is 1. The van der Waals surface area contributed by atoms with Gasteiger partial charge in [-0.15, -0.1) is 0 Å². The number of rotatable bonds is 5. The van der Waals surface area contributed by atoms with Crippen LogP contribution in [0.25, 0.3) is 0 Å². The number of Topliss-reactive ketones (excluding diaryl/α,β-unsaturated/α-hetero) is 1. The maximum absolute atomic E-state index is 14.3. The van der Waals surface area contributed by atoms with Crippen LogP contribution in [0.1, 0.15) is 27.5 Å². The number of carbonyl (C=O) groups excluding carboxylic acids is 2. The number of hydrogen-bond acceptors (Lipinski definition) is 7. The number of aliphatic hydroxyl groups excluding tert-OH is 1. The van der Waals surface area contributed by atoms with E-state index in [-0.39, 0.29) is 17.1 Å². The molecule has 3 aliphatic rings. The molecule has 6 nitrogen and oxygen atoms in total. The first kappa shape index (κ1) is 26.1. The zero-order valence-corrected chi connectivity index (χ0v) is 23.5. The van der Waals surface area contributed by atoms with Crippen LogP contribution in [0.2, 0.25) is 15.1 Å². The number of fused-ring (bicyclic) bond motifs is 1. The first-order valence-electron chi connectivity index (χ1n) is 12.1. The second kappa shape index (κ2) is 10.1. The summed E-state index contributed by atoms with van der Waals surface area (Å²) in [5.74, 6) is -0.932. The molecule has 0 aliphatic carbocycles. The Hall–Kier alpha value is -3.10. The zero-order chi connectivity index (χ0) is 27.4. The number of nitrogens with one attached hydrogen (secondary N) is 1. The van der Waals surface area contributed by atoms with E-state index in [1.54, 1.807) is 42.5 Å². The van der Waals surface area contributed by atoms with Crippen LogP contribution in [0, 0.1) is 0 Å². The molecule has 3 aromatic carbocycles. The molecule has 0 saturated carbocycles. The Morgan fingerprint density at radius 1 is 1.03 bits per heavy atom. The summed E-state index contributed by atoms with van der Waals surface area (Å²) in [7, 11) is 1.29. The van der Waals surface area contributed by atoms with Crippen molar-refractivity contribution in [2.24, 2.45) is 0 Å². The van der Waals surface area contributed by atoms with Crippen molar-refractivity contribution in [3.63, 3.8) is 0 Å². The molecular weight excluding hydrogens is 579 g/mol. The molecule has 3 aromatic rings. The minimum absolute atomic E-state index is 0.0490. The van der Waals surface area contributed by atoms with E-state index in [9.17, 15) is 14.7 Å². The topological polar surface area (TPSA) is 78.9 Å². The van der Waals surface area contributed by atoms with Gasteiger partial charge in [-0.25, -0.2) is 4.79 Å². The molecule has 4 bridgehead atoms. The quantitative estimate of drug-likeness (QED) is 0.237. The summed E-state index contributed by atoms with van der Waals surface area (Å²) < 4.78 is 5.09. The molecule has 6 rings (SSSR count). The largest absolute Gasteiger partial charge is 0.510 e. The number of esters is 1. The van der Waals surface area contributed by atoms with Crippen LogP contribution >= 0.6 is 46.6 Å². The summed E-state index contributed by atoms with van der Waals surface area (Å²) >= 11 is 20.0.